The number of rotatable bonds is 14. The van der Waals surface area contributed by atoms with E-state index in [1.54, 1.807) is 0 Å². The summed E-state index contributed by atoms with van der Waals surface area (Å²) in [4.78, 5) is 37.1. The molecule has 20 heteroatoms. The van der Waals surface area contributed by atoms with Crippen LogP contribution in [0.2, 0.25) is 5.02 Å². The molecule has 4 aromatic rings. The Morgan fingerprint density at radius 3 is 2.12 bits per heavy atom. The van der Waals surface area contributed by atoms with E-state index in [2.05, 4.69) is 15.1 Å². The first-order valence-corrected chi connectivity index (χ1v) is 19.8. The molecule has 2 atom stereocenters. The summed E-state index contributed by atoms with van der Waals surface area (Å²) in [6.45, 7) is -2.16. The van der Waals surface area contributed by atoms with Crippen molar-refractivity contribution in [2.75, 3.05) is 12.9 Å². The SMILES string of the molecule is CC(C)(C[C@]1(c2ccc(-c3ccc(S(C)(=O)=O)cc3)cc2)N=C(N)N([C@H](COC(=O)CC2(C(F)F)CC2)c2ccc(Cl)c(-c3ncnn3C(F)F)c2)C1=O)C(F)(F)F. The van der Waals surface area contributed by atoms with Crippen molar-refractivity contribution in [3.8, 4) is 22.5 Å². The zero-order valence-electron chi connectivity index (χ0n) is 31.0. The number of hydrogen-bond donors (Lipinski definition) is 1. The number of carbonyl (C=O) groups is 2. The van der Waals surface area contributed by atoms with Crippen molar-refractivity contribution in [3.63, 3.8) is 0 Å². The standard InChI is InChI=1S/C38H36ClF7N6O5S/c1-35(2,38(44,45)46)19-37(24-9-4-21(5-10-24)22-6-11-25(12-7-22)58(3,55)56)32(54)51(34(47)50-37)28(18-57-29(53)17-36(14-15-36)31(40)41)23-8-13-27(39)26(16-23)30-48-20-49-52(30)33(42)43/h4-13,16,20,28,31,33H,14-15,17-19H2,1-3H3,(H2,47,50)/t28-,37-/m1/s1. The van der Waals surface area contributed by atoms with Gasteiger partial charge in [0, 0.05) is 17.2 Å². The van der Waals surface area contributed by atoms with Crippen LogP contribution in [0.3, 0.4) is 0 Å². The molecular formula is C38H36ClF7N6O5S. The Morgan fingerprint density at radius 1 is 0.983 bits per heavy atom. The lowest BCUT2D eigenvalue weighted by atomic mass is 9.74. The summed E-state index contributed by atoms with van der Waals surface area (Å²) in [5.74, 6) is -3.12. The van der Waals surface area contributed by atoms with E-state index >= 15 is 0 Å². The van der Waals surface area contributed by atoms with E-state index in [1.165, 1.54) is 66.7 Å². The van der Waals surface area contributed by atoms with Crippen LogP contribution in [0.25, 0.3) is 22.5 Å². The third-order valence-corrected chi connectivity index (χ3v) is 12.0. The molecule has 2 N–H and O–H groups in total. The van der Waals surface area contributed by atoms with Crippen LogP contribution in [-0.2, 0) is 29.7 Å². The molecule has 11 nitrogen and oxygen atoms in total. The summed E-state index contributed by atoms with van der Waals surface area (Å²) >= 11 is 6.40. The van der Waals surface area contributed by atoms with Gasteiger partial charge in [-0.1, -0.05) is 67.9 Å². The molecule has 0 saturated heterocycles. The third kappa shape index (κ3) is 8.15. The highest BCUT2D eigenvalue weighted by molar-refractivity contribution is 7.90. The molecule has 1 aromatic heterocycles. The van der Waals surface area contributed by atoms with Gasteiger partial charge >= 0.3 is 18.7 Å². The number of sulfone groups is 1. The molecule has 1 saturated carbocycles. The van der Waals surface area contributed by atoms with E-state index in [-0.39, 0.29) is 44.1 Å². The average Bonchev–Trinajstić information content (AvgIpc) is 3.68. The molecule has 0 radical (unpaired) electrons. The number of nitrogens with two attached hydrogens (primary N) is 1. The molecule has 1 aliphatic carbocycles. The highest BCUT2D eigenvalue weighted by atomic mass is 35.5. The van der Waals surface area contributed by atoms with Crippen molar-refractivity contribution >= 4 is 39.3 Å². The van der Waals surface area contributed by atoms with Crippen molar-refractivity contribution < 1.29 is 53.5 Å². The molecule has 310 valence electrons. The van der Waals surface area contributed by atoms with Gasteiger partial charge in [0.25, 0.3) is 5.91 Å². The monoisotopic (exact) mass is 856 g/mol. The first kappa shape index (κ1) is 42.6. The Hall–Kier alpha value is -5.04. The van der Waals surface area contributed by atoms with Crippen molar-refractivity contribution in [3.05, 3.63) is 89.2 Å². The molecule has 1 amide bonds. The smallest absolute Gasteiger partial charge is 0.394 e. The number of esters is 1. The van der Waals surface area contributed by atoms with E-state index in [1.807, 2.05) is 0 Å². The second kappa shape index (κ2) is 15.3. The van der Waals surface area contributed by atoms with Gasteiger partial charge in [0.05, 0.1) is 27.8 Å². The van der Waals surface area contributed by atoms with Gasteiger partial charge in [0.2, 0.25) is 6.43 Å². The molecule has 0 bridgehead atoms. The van der Waals surface area contributed by atoms with Gasteiger partial charge in [0.1, 0.15) is 12.9 Å². The Bertz CT molecular complexity index is 2350. The summed E-state index contributed by atoms with van der Waals surface area (Å²) in [5.41, 5.74) is 0.909. The zero-order valence-corrected chi connectivity index (χ0v) is 32.6. The molecule has 1 fully saturated rings. The van der Waals surface area contributed by atoms with Gasteiger partial charge in [-0.25, -0.2) is 27.2 Å². The Kier molecular flexibility index (Phi) is 11.2. The van der Waals surface area contributed by atoms with E-state index in [9.17, 15) is 48.7 Å². The fourth-order valence-electron chi connectivity index (χ4n) is 6.85. The molecule has 1 aliphatic heterocycles. The Labute approximate surface area is 333 Å². The molecule has 0 unspecified atom stereocenters. The highest BCUT2D eigenvalue weighted by Crippen LogP contribution is 2.54. The second-order valence-corrected chi connectivity index (χ2v) is 17.4. The Morgan fingerprint density at radius 2 is 1.59 bits per heavy atom. The number of guanidine groups is 1. The molecule has 0 spiro atoms. The van der Waals surface area contributed by atoms with Crippen LogP contribution in [0, 0.1) is 10.8 Å². The van der Waals surface area contributed by atoms with Crippen molar-refractivity contribution in [1.82, 2.24) is 19.7 Å². The summed E-state index contributed by atoms with van der Waals surface area (Å²) < 4.78 is 129. The lowest BCUT2D eigenvalue weighted by Gasteiger charge is -2.37. The quantitative estimate of drug-likeness (QED) is 0.0988. The lowest BCUT2D eigenvalue weighted by molar-refractivity contribution is -0.218. The predicted octanol–water partition coefficient (Wildman–Crippen LogP) is 8.11. The van der Waals surface area contributed by atoms with Crippen molar-refractivity contribution in [2.24, 2.45) is 21.6 Å². The summed E-state index contributed by atoms with van der Waals surface area (Å²) in [7, 11) is -3.50. The summed E-state index contributed by atoms with van der Waals surface area (Å²) in [6.07, 6.45) is -7.27. The highest BCUT2D eigenvalue weighted by Gasteiger charge is 2.59. The molecule has 2 heterocycles. The number of halogens is 8. The number of amides is 1. The maximum absolute atomic E-state index is 15.0. The second-order valence-electron chi connectivity index (χ2n) is 15.0. The maximum atomic E-state index is 15.0. The molecule has 58 heavy (non-hydrogen) atoms. The minimum absolute atomic E-state index is 0.0121. The van der Waals surface area contributed by atoms with Crippen LogP contribution >= 0.6 is 11.6 Å². The molecular weight excluding hydrogens is 821 g/mol. The number of carbonyl (C=O) groups excluding carboxylic acids is 2. The number of benzene rings is 3. The van der Waals surface area contributed by atoms with Crippen LogP contribution < -0.4 is 5.73 Å². The molecule has 6 rings (SSSR count). The molecule has 3 aromatic carbocycles. The summed E-state index contributed by atoms with van der Waals surface area (Å²) in [5, 5.41) is 3.42. The van der Waals surface area contributed by atoms with Crippen LogP contribution in [-0.4, -0.2) is 71.4 Å². The number of hydrogen-bond acceptors (Lipinski definition) is 9. The van der Waals surface area contributed by atoms with Crippen LogP contribution in [0.1, 0.15) is 63.2 Å². The van der Waals surface area contributed by atoms with E-state index in [0.717, 1.165) is 31.3 Å². The van der Waals surface area contributed by atoms with Crippen molar-refractivity contribution in [2.45, 2.75) is 75.2 Å². The largest absolute Gasteiger partial charge is 0.463 e. The zero-order chi connectivity index (χ0) is 42.6. The van der Waals surface area contributed by atoms with E-state index < -0.39 is 94.5 Å². The first-order valence-electron chi connectivity index (χ1n) is 17.6. The van der Waals surface area contributed by atoms with Crippen LogP contribution in [0.5, 0.6) is 0 Å². The van der Waals surface area contributed by atoms with Gasteiger partial charge in [-0.3, -0.25) is 14.5 Å². The number of alkyl halides is 7. The fourth-order valence-corrected chi connectivity index (χ4v) is 7.68. The lowest BCUT2D eigenvalue weighted by Crippen LogP contribution is -2.49. The van der Waals surface area contributed by atoms with Crippen LogP contribution in [0.4, 0.5) is 30.7 Å². The topological polar surface area (TPSA) is 150 Å². The summed E-state index contributed by atoms with van der Waals surface area (Å²) in [6, 6.07) is 14.0. The van der Waals surface area contributed by atoms with Crippen LogP contribution in [0.15, 0.2) is 82.9 Å². The normalized spacial score (nSPS) is 18.8. The van der Waals surface area contributed by atoms with Gasteiger partial charge < -0.3 is 10.5 Å². The van der Waals surface area contributed by atoms with Crippen molar-refractivity contribution in [1.29, 1.82) is 0 Å². The van der Waals surface area contributed by atoms with Gasteiger partial charge in [-0.05, 0) is 65.8 Å². The first-order chi connectivity index (χ1) is 27.0. The maximum Gasteiger partial charge on any atom is 0.394 e. The number of aromatic nitrogens is 3. The minimum Gasteiger partial charge on any atom is -0.463 e. The number of ether oxygens (including phenoxy) is 1. The van der Waals surface area contributed by atoms with Gasteiger partial charge in [-0.15, -0.1) is 0 Å². The van der Waals surface area contributed by atoms with Gasteiger partial charge in [-0.2, -0.15) is 31.7 Å². The van der Waals surface area contributed by atoms with E-state index in [0.29, 0.717) is 11.1 Å². The minimum atomic E-state index is -4.86. The third-order valence-electron chi connectivity index (χ3n) is 10.5. The number of aliphatic imine (C=N–C) groups is 1. The predicted molar refractivity (Wildman–Crippen MR) is 197 cm³/mol. The fraction of sp³-hybridized carbons (Fsp3) is 0.395. The average molecular weight is 857 g/mol. The number of nitrogens with zero attached hydrogens (tertiary/aromatic N) is 5. The Balaban J connectivity index is 1.44. The molecule has 2 aliphatic rings. The van der Waals surface area contributed by atoms with Gasteiger partial charge in [0.15, 0.2) is 27.2 Å². The van der Waals surface area contributed by atoms with E-state index in [4.69, 9.17) is 22.1 Å².